The van der Waals surface area contributed by atoms with Crippen LogP contribution in [0.2, 0.25) is 0 Å². The molecule has 1 unspecified atom stereocenters. The lowest BCUT2D eigenvalue weighted by Gasteiger charge is -2.17. The molecule has 0 bridgehead atoms. The van der Waals surface area contributed by atoms with Crippen molar-refractivity contribution in [2.24, 2.45) is 0 Å². The van der Waals surface area contributed by atoms with E-state index < -0.39 is 0 Å². The third-order valence-electron chi connectivity index (χ3n) is 3.32. The lowest BCUT2D eigenvalue weighted by atomic mass is 10.1. The van der Waals surface area contributed by atoms with Gasteiger partial charge in [-0.15, -0.1) is 0 Å². The number of phenolic OH excluding ortho intramolecular Hbond substituents is 1. The van der Waals surface area contributed by atoms with Crippen molar-refractivity contribution in [2.45, 2.75) is 19.6 Å². The Kier molecular flexibility index (Phi) is 5.06. The zero-order chi connectivity index (χ0) is 15.2. The number of methoxy groups -OCH3 is 2. The molecule has 0 aromatic heterocycles. The average Bonchev–Trinajstić information content (AvgIpc) is 2.48. The van der Waals surface area contributed by atoms with Gasteiger partial charge in [-0.25, -0.2) is 0 Å². The van der Waals surface area contributed by atoms with E-state index in [1.807, 2.05) is 30.3 Å². The summed E-state index contributed by atoms with van der Waals surface area (Å²) in [6.07, 6.45) is 0. The van der Waals surface area contributed by atoms with E-state index in [-0.39, 0.29) is 11.8 Å². The van der Waals surface area contributed by atoms with Crippen LogP contribution in [0.15, 0.2) is 42.5 Å². The highest BCUT2D eigenvalue weighted by atomic mass is 16.5. The van der Waals surface area contributed by atoms with Gasteiger partial charge in [0.15, 0.2) is 11.5 Å². The molecule has 0 spiro atoms. The van der Waals surface area contributed by atoms with E-state index in [9.17, 15) is 5.11 Å². The summed E-state index contributed by atoms with van der Waals surface area (Å²) >= 11 is 0. The monoisotopic (exact) mass is 287 g/mol. The number of hydrogen-bond acceptors (Lipinski definition) is 4. The number of aromatic hydroxyl groups is 1. The number of phenols is 1. The minimum Gasteiger partial charge on any atom is -0.504 e. The SMILES string of the molecule is COCc1cccc(NC(C)c2ccc(O)c(OC)c2)c1. The van der Waals surface area contributed by atoms with Crippen LogP contribution in [0.4, 0.5) is 5.69 Å². The van der Waals surface area contributed by atoms with E-state index in [0.717, 1.165) is 16.8 Å². The van der Waals surface area contributed by atoms with E-state index in [2.05, 4.69) is 18.3 Å². The van der Waals surface area contributed by atoms with E-state index in [1.54, 1.807) is 20.3 Å². The normalized spacial score (nSPS) is 12.0. The number of nitrogens with one attached hydrogen (secondary N) is 1. The van der Waals surface area contributed by atoms with E-state index in [4.69, 9.17) is 9.47 Å². The van der Waals surface area contributed by atoms with Gasteiger partial charge in [0.25, 0.3) is 0 Å². The lowest BCUT2D eigenvalue weighted by Crippen LogP contribution is -2.07. The fourth-order valence-electron chi connectivity index (χ4n) is 2.21. The van der Waals surface area contributed by atoms with Gasteiger partial charge < -0.3 is 19.9 Å². The molecule has 4 heteroatoms. The molecular weight excluding hydrogens is 266 g/mol. The van der Waals surface area contributed by atoms with Crippen molar-refractivity contribution in [2.75, 3.05) is 19.5 Å². The van der Waals surface area contributed by atoms with Gasteiger partial charge in [0, 0.05) is 18.8 Å². The summed E-state index contributed by atoms with van der Waals surface area (Å²) in [6, 6.07) is 13.6. The highest BCUT2D eigenvalue weighted by molar-refractivity contribution is 5.49. The molecule has 0 radical (unpaired) electrons. The van der Waals surface area contributed by atoms with Crippen LogP contribution in [0.25, 0.3) is 0 Å². The van der Waals surface area contributed by atoms with Crippen molar-refractivity contribution in [1.29, 1.82) is 0 Å². The van der Waals surface area contributed by atoms with Gasteiger partial charge >= 0.3 is 0 Å². The Morgan fingerprint density at radius 2 is 1.95 bits per heavy atom. The van der Waals surface area contributed by atoms with Gasteiger partial charge in [-0.1, -0.05) is 18.2 Å². The number of ether oxygens (including phenoxy) is 2. The van der Waals surface area contributed by atoms with E-state index in [0.29, 0.717) is 12.4 Å². The van der Waals surface area contributed by atoms with Crippen molar-refractivity contribution in [3.8, 4) is 11.5 Å². The molecule has 2 rings (SSSR count). The summed E-state index contributed by atoms with van der Waals surface area (Å²) in [5.74, 6) is 0.629. The predicted molar refractivity (Wildman–Crippen MR) is 83.9 cm³/mol. The summed E-state index contributed by atoms with van der Waals surface area (Å²) in [4.78, 5) is 0. The highest BCUT2D eigenvalue weighted by Gasteiger charge is 2.09. The molecule has 2 aromatic rings. The highest BCUT2D eigenvalue weighted by Crippen LogP contribution is 2.30. The molecule has 112 valence electrons. The lowest BCUT2D eigenvalue weighted by molar-refractivity contribution is 0.185. The standard InChI is InChI=1S/C17H21NO3/c1-12(14-7-8-16(19)17(10-14)21-3)18-15-6-4-5-13(9-15)11-20-2/h4-10,12,18-19H,11H2,1-3H3. The molecule has 21 heavy (non-hydrogen) atoms. The third kappa shape index (κ3) is 3.89. The molecule has 2 aromatic carbocycles. The van der Waals surface area contributed by atoms with E-state index >= 15 is 0 Å². The predicted octanol–water partition coefficient (Wildman–Crippen LogP) is 3.72. The summed E-state index contributed by atoms with van der Waals surface area (Å²) in [5, 5.41) is 13.1. The Balaban J connectivity index is 2.13. The average molecular weight is 287 g/mol. The second kappa shape index (κ2) is 6.99. The molecule has 0 aliphatic rings. The summed E-state index contributed by atoms with van der Waals surface area (Å²) in [6.45, 7) is 2.66. The minimum atomic E-state index is 0.0947. The third-order valence-corrected chi connectivity index (χ3v) is 3.32. The number of benzene rings is 2. The van der Waals surface area contributed by atoms with Crippen LogP contribution in [0, 0.1) is 0 Å². The van der Waals surface area contributed by atoms with Crippen LogP contribution in [0.5, 0.6) is 11.5 Å². The van der Waals surface area contributed by atoms with Crippen LogP contribution < -0.4 is 10.1 Å². The van der Waals surface area contributed by atoms with Crippen LogP contribution in [0.1, 0.15) is 24.1 Å². The molecule has 4 nitrogen and oxygen atoms in total. The summed E-state index contributed by atoms with van der Waals surface area (Å²) in [7, 11) is 3.23. The van der Waals surface area contributed by atoms with Gasteiger partial charge in [0.05, 0.1) is 13.7 Å². The Morgan fingerprint density at radius 3 is 2.67 bits per heavy atom. The fourth-order valence-corrected chi connectivity index (χ4v) is 2.21. The van der Waals surface area contributed by atoms with Crippen molar-refractivity contribution in [1.82, 2.24) is 0 Å². The molecule has 2 N–H and O–H groups in total. The molecule has 0 aliphatic heterocycles. The maximum Gasteiger partial charge on any atom is 0.160 e. The Labute approximate surface area is 125 Å². The molecule has 0 saturated carbocycles. The van der Waals surface area contributed by atoms with Crippen LogP contribution >= 0.6 is 0 Å². The maximum atomic E-state index is 9.64. The molecule has 0 amide bonds. The first kappa shape index (κ1) is 15.2. The summed E-state index contributed by atoms with van der Waals surface area (Å²) < 4.78 is 10.3. The second-order valence-corrected chi connectivity index (χ2v) is 4.93. The molecule has 0 saturated heterocycles. The molecule has 1 atom stereocenters. The summed E-state index contributed by atoms with van der Waals surface area (Å²) in [5.41, 5.74) is 3.20. The Bertz CT molecular complexity index is 598. The quantitative estimate of drug-likeness (QED) is 0.850. The van der Waals surface area contributed by atoms with Crippen LogP contribution in [-0.4, -0.2) is 19.3 Å². The van der Waals surface area contributed by atoms with Gasteiger partial charge in [-0.05, 0) is 42.3 Å². The topological polar surface area (TPSA) is 50.7 Å². The fraction of sp³-hybridized carbons (Fsp3) is 0.294. The minimum absolute atomic E-state index is 0.0947. The second-order valence-electron chi connectivity index (χ2n) is 4.93. The molecule has 0 heterocycles. The maximum absolute atomic E-state index is 9.64. The van der Waals surface area contributed by atoms with Gasteiger partial charge in [0.1, 0.15) is 0 Å². The largest absolute Gasteiger partial charge is 0.504 e. The zero-order valence-corrected chi connectivity index (χ0v) is 12.6. The number of anilines is 1. The van der Waals surface area contributed by atoms with Crippen LogP contribution in [-0.2, 0) is 11.3 Å². The molecule has 0 fully saturated rings. The van der Waals surface area contributed by atoms with Crippen molar-refractivity contribution >= 4 is 5.69 Å². The smallest absolute Gasteiger partial charge is 0.160 e. The molecular formula is C17H21NO3. The van der Waals surface area contributed by atoms with Crippen molar-refractivity contribution in [3.63, 3.8) is 0 Å². The van der Waals surface area contributed by atoms with Gasteiger partial charge in [0.2, 0.25) is 0 Å². The number of rotatable bonds is 6. The van der Waals surface area contributed by atoms with Crippen molar-refractivity contribution in [3.05, 3.63) is 53.6 Å². The van der Waals surface area contributed by atoms with E-state index in [1.165, 1.54) is 0 Å². The van der Waals surface area contributed by atoms with Crippen molar-refractivity contribution < 1.29 is 14.6 Å². The Morgan fingerprint density at radius 1 is 1.14 bits per heavy atom. The zero-order valence-electron chi connectivity index (χ0n) is 12.6. The first-order chi connectivity index (χ1) is 10.1. The Hall–Kier alpha value is -2.20. The number of hydrogen-bond donors (Lipinski definition) is 2. The van der Waals surface area contributed by atoms with Gasteiger partial charge in [-0.2, -0.15) is 0 Å². The van der Waals surface area contributed by atoms with Gasteiger partial charge in [-0.3, -0.25) is 0 Å². The molecule has 0 aliphatic carbocycles. The first-order valence-corrected chi connectivity index (χ1v) is 6.85. The van der Waals surface area contributed by atoms with Crippen LogP contribution in [0.3, 0.4) is 0 Å². The first-order valence-electron chi connectivity index (χ1n) is 6.85.